The first kappa shape index (κ1) is 24.4. The number of ether oxygens (including phenoxy) is 1. The highest BCUT2D eigenvalue weighted by atomic mass is 16.5. The molecule has 3 heterocycles. The first-order valence-corrected chi connectivity index (χ1v) is 13.6. The Morgan fingerprint density at radius 2 is 1.57 bits per heavy atom. The summed E-state index contributed by atoms with van der Waals surface area (Å²) in [5.41, 5.74) is 3.25. The molecule has 8 heteroatoms. The Labute approximate surface area is 238 Å². The Kier molecular flexibility index (Phi) is 4.84. The van der Waals surface area contributed by atoms with Crippen LogP contribution in [0.1, 0.15) is 36.0 Å². The average molecular weight is 561 g/mol. The second-order valence-corrected chi connectivity index (χ2v) is 11.4. The van der Waals surface area contributed by atoms with Gasteiger partial charge in [-0.1, -0.05) is 6.07 Å². The van der Waals surface area contributed by atoms with Gasteiger partial charge in [0.1, 0.15) is 57.2 Å². The van der Waals surface area contributed by atoms with Gasteiger partial charge < -0.3 is 34.0 Å². The van der Waals surface area contributed by atoms with Gasteiger partial charge in [0.25, 0.3) is 0 Å². The van der Waals surface area contributed by atoms with Crippen LogP contribution in [0.5, 0.6) is 28.7 Å². The van der Waals surface area contributed by atoms with Crippen LogP contribution in [0.3, 0.4) is 0 Å². The number of fused-ring (bicyclic) bond motifs is 9. The van der Waals surface area contributed by atoms with Gasteiger partial charge in [0.2, 0.25) is 0 Å². The monoisotopic (exact) mass is 560 g/mol. The predicted octanol–water partition coefficient (Wildman–Crippen LogP) is 6.88. The first-order valence-electron chi connectivity index (χ1n) is 13.6. The molecule has 8 nitrogen and oxygen atoms in total. The Hall–Kier alpha value is -5.37. The summed E-state index contributed by atoms with van der Waals surface area (Å²) in [6.07, 6.45) is 0.994. The van der Waals surface area contributed by atoms with E-state index in [0.717, 1.165) is 22.1 Å². The van der Waals surface area contributed by atoms with Crippen molar-refractivity contribution < 1.29 is 34.0 Å². The third-order valence-electron chi connectivity index (χ3n) is 8.43. The molecule has 42 heavy (non-hydrogen) atoms. The van der Waals surface area contributed by atoms with E-state index in [1.54, 1.807) is 42.5 Å². The number of hydrogen-bond donors (Lipinski definition) is 4. The van der Waals surface area contributed by atoms with Crippen molar-refractivity contribution in [3.63, 3.8) is 0 Å². The Morgan fingerprint density at radius 3 is 2.40 bits per heavy atom. The van der Waals surface area contributed by atoms with E-state index in [0.29, 0.717) is 58.1 Å². The normalized spacial score (nSPS) is 18.9. The summed E-state index contributed by atoms with van der Waals surface area (Å²) in [6.45, 7) is 1.99. The molecule has 2 bridgehead atoms. The van der Waals surface area contributed by atoms with Gasteiger partial charge in [-0.05, 0) is 67.4 Å². The van der Waals surface area contributed by atoms with Gasteiger partial charge in [0.05, 0.1) is 11.1 Å². The summed E-state index contributed by atoms with van der Waals surface area (Å²) in [4.78, 5) is 13.9. The molecule has 2 aliphatic carbocycles. The van der Waals surface area contributed by atoms with Crippen LogP contribution in [0.4, 0.5) is 0 Å². The highest BCUT2D eigenvalue weighted by molar-refractivity contribution is 5.86. The average Bonchev–Trinajstić information content (AvgIpc) is 3.35. The van der Waals surface area contributed by atoms with Crippen LogP contribution in [0, 0.1) is 0 Å². The molecule has 8 rings (SSSR count). The van der Waals surface area contributed by atoms with Gasteiger partial charge in [-0.3, -0.25) is 4.79 Å². The second-order valence-electron chi connectivity index (χ2n) is 11.4. The fourth-order valence-corrected chi connectivity index (χ4v) is 6.66. The van der Waals surface area contributed by atoms with E-state index in [1.807, 2.05) is 13.0 Å². The topological polar surface area (TPSA) is 134 Å². The van der Waals surface area contributed by atoms with E-state index in [1.165, 1.54) is 24.3 Å². The number of benzene rings is 4. The number of phenols is 4. The quantitative estimate of drug-likeness (QED) is 0.180. The molecule has 0 fully saturated rings. The van der Waals surface area contributed by atoms with Crippen molar-refractivity contribution in [1.29, 1.82) is 0 Å². The maximum atomic E-state index is 13.9. The Balaban J connectivity index is 1.43. The number of hydrogen-bond acceptors (Lipinski definition) is 8. The van der Waals surface area contributed by atoms with Gasteiger partial charge >= 0.3 is 0 Å². The molecule has 4 aliphatic rings. The maximum absolute atomic E-state index is 13.9. The van der Waals surface area contributed by atoms with Crippen LogP contribution in [0.15, 0.2) is 86.4 Å². The lowest BCUT2D eigenvalue weighted by Crippen LogP contribution is -2.44. The zero-order valence-electron chi connectivity index (χ0n) is 22.3. The lowest BCUT2D eigenvalue weighted by molar-refractivity contribution is 0.0503. The van der Waals surface area contributed by atoms with E-state index in [4.69, 9.17) is 13.6 Å². The summed E-state index contributed by atoms with van der Waals surface area (Å²) < 4.78 is 19.0. The Morgan fingerprint density at radius 1 is 0.810 bits per heavy atom. The van der Waals surface area contributed by atoms with E-state index >= 15 is 0 Å². The third kappa shape index (κ3) is 3.58. The van der Waals surface area contributed by atoms with E-state index in [9.17, 15) is 25.2 Å². The molecule has 1 aromatic heterocycles. The smallest absolute Gasteiger partial charge is 0.190 e. The zero-order chi connectivity index (χ0) is 28.9. The molecule has 4 aromatic rings. The highest BCUT2D eigenvalue weighted by Gasteiger charge is 2.47. The van der Waals surface area contributed by atoms with E-state index in [2.05, 4.69) is 0 Å². The highest BCUT2D eigenvalue weighted by Crippen LogP contribution is 2.56. The van der Waals surface area contributed by atoms with Crippen molar-refractivity contribution in [3.05, 3.63) is 99.7 Å². The van der Waals surface area contributed by atoms with Crippen LogP contribution >= 0.6 is 0 Å². The van der Waals surface area contributed by atoms with Crippen molar-refractivity contribution in [2.75, 3.05) is 0 Å². The van der Waals surface area contributed by atoms with Crippen LogP contribution in [-0.2, 0) is 6.42 Å². The molecule has 2 aliphatic heterocycles. The maximum Gasteiger partial charge on any atom is 0.190 e. The second kappa shape index (κ2) is 8.33. The first-order chi connectivity index (χ1) is 20.2. The van der Waals surface area contributed by atoms with Gasteiger partial charge in [0.15, 0.2) is 5.43 Å². The van der Waals surface area contributed by atoms with Gasteiger partial charge in [-0.15, -0.1) is 0 Å². The molecule has 4 N–H and O–H groups in total. The summed E-state index contributed by atoms with van der Waals surface area (Å²) in [5.74, 6) is 1.36. The van der Waals surface area contributed by atoms with Crippen LogP contribution < -0.4 is 10.2 Å². The van der Waals surface area contributed by atoms with Gasteiger partial charge in [-0.2, -0.15) is 0 Å². The van der Waals surface area contributed by atoms with E-state index < -0.39 is 5.60 Å². The SMILES string of the molecule is CC12Cc3c(c(-c4ccc(O)cc4O)oc4cc(-c5cc6ccc(O)cc6o5)cc(=O)c3-4)C(C1)c1ccc(O)cc1O2. The molecule has 2 unspecified atom stereocenters. The summed E-state index contributed by atoms with van der Waals surface area (Å²) in [7, 11) is 0. The predicted molar refractivity (Wildman–Crippen MR) is 155 cm³/mol. The minimum absolute atomic E-state index is 0.0736. The van der Waals surface area contributed by atoms with Crippen molar-refractivity contribution in [3.8, 4) is 62.7 Å². The largest absolute Gasteiger partial charge is 0.508 e. The summed E-state index contributed by atoms with van der Waals surface area (Å²) in [5, 5.41) is 41.8. The molecule has 2 atom stereocenters. The summed E-state index contributed by atoms with van der Waals surface area (Å²) in [6, 6.07) is 19.2. The van der Waals surface area contributed by atoms with Gasteiger partial charge in [0, 0.05) is 52.6 Å². The fourth-order valence-electron chi connectivity index (χ4n) is 6.66. The van der Waals surface area contributed by atoms with Crippen LogP contribution in [-0.4, -0.2) is 26.0 Å². The molecule has 0 saturated heterocycles. The lowest BCUT2D eigenvalue weighted by atomic mass is 9.68. The van der Waals surface area contributed by atoms with E-state index in [-0.39, 0.29) is 34.3 Å². The Bertz CT molecular complexity index is 2120. The third-order valence-corrected chi connectivity index (χ3v) is 8.43. The number of rotatable bonds is 2. The number of aromatic hydroxyl groups is 4. The van der Waals surface area contributed by atoms with Crippen molar-refractivity contribution in [2.24, 2.45) is 0 Å². The standard InChI is InChI=1S/C34H24O8/c1-34-14-23(21-6-4-20(37)13-29(21)42-34)31-24(15-34)32-26(39)8-17(27-9-16-2-3-19(36)12-28(16)40-27)10-30(32)41-33(31)22-7-5-18(35)11-25(22)38/h2-13,23,35-38H,14-15H2,1H3. The van der Waals surface area contributed by atoms with Gasteiger partial charge in [-0.25, -0.2) is 0 Å². The zero-order valence-corrected chi connectivity index (χ0v) is 22.3. The van der Waals surface area contributed by atoms with Crippen molar-refractivity contribution in [1.82, 2.24) is 0 Å². The minimum Gasteiger partial charge on any atom is -0.508 e. The van der Waals surface area contributed by atoms with Crippen LogP contribution in [0.25, 0.3) is 44.9 Å². The number of furan rings is 1. The molecule has 0 radical (unpaired) electrons. The molecular weight excluding hydrogens is 536 g/mol. The molecule has 0 amide bonds. The lowest BCUT2D eigenvalue weighted by Gasteiger charge is -2.46. The molecule has 0 spiro atoms. The molecular formula is C34H24O8. The van der Waals surface area contributed by atoms with Crippen molar-refractivity contribution >= 4 is 11.0 Å². The number of phenolic OH excluding ortho intramolecular Hbond substituents is 4. The summed E-state index contributed by atoms with van der Waals surface area (Å²) >= 11 is 0. The molecule has 3 aromatic carbocycles. The fraction of sp³-hybridized carbons (Fsp3) is 0.147. The van der Waals surface area contributed by atoms with Crippen LogP contribution in [0.2, 0.25) is 0 Å². The van der Waals surface area contributed by atoms with Crippen molar-refractivity contribution in [2.45, 2.75) is 31.3 Å². The molecule has 208 valence electrons. The molecule has 0 saturated carbocycles. The minimum atomic E-state index is -0.660.